The molecule has 2 heterocycles. The van der Waals surface area contributed by atoms with Gasteiger partial charge in [-0.2, -0.15) is 0 Å². The van der Waals surface area contributed by atoms with Crippen molar-refractivity contribution < 1.29 is 4.74 Å². The number of benzene rings is 2. The van der Waals surface area contributed by atoms with Crippen LogP contribution in [-0.2, 0) is 6.54 Å². The number of H-pyrrole nitrogens is 1. The number of rotatable bonds is 4. The van der Waals surface area contributed by atoms with Crippen molar-refractivity contribution >= 4 is 16.6 Å². The predicted octanol–water partition coefficient (Wildman–Crippen LogP) is 3.69. The molecule has 2 aromatic carbocycles. The smallest absolute Gasteiger partial charge is 0.258 e. The Hall–Kier alpha value is -2.82. The van der Waals surface area contributed by atoms with Crippen LogP contribution in [0.3, 0.4) is 0 Å². The Labute approximate surface area is 152 Å². The minimum absolute atomic E-state index is 0.128. The Morgan fingerprint density at radius 1 is 1.27 bits per heavy atom. The van der Waals surface area contributed by atoms with Crippen molar-refractivity contribution in [3.63, 3.8) is 0 Å². The van der Waals surface area contributed by atoms with Crippen LogP contribution in [0, 0.1) is 5.92 Å². The zero-order valence-corrected chi connectivity index (χ0v) is 15.3. The summed E-state index contributed by atoms with van der Waals surface area (Å²) in [5, 5.41) is 0.551. The summed E-state index contributed by atoms with van der Waals surface area (Å²) in [7, 11) is 1.59. The van der Waals surface area contributed by atoms with E-state index in [0.29, 0.717) is 40.9 Å². The lowest BCUT2D eigenvalue weighted by Crippen LogP contribution is -2.25. The van der Waals surface area contributed by atoms with Crippen molar-refractivity contribution in [2.75, 3.05) is 18.6 Å². The average Bonchev–Trinajstić information content (AvgIpc) is 3.00. The highest BCUT2D eigenvalue weighted by atomic mass is 16.5. The number of ether oxygens (including phenoxy) is 1. The van der Waals surface area contributed by atoms with E-state index in [4.69, 9.17) is 4.74 Å². The lowest BCUT2D eigenvalue weighted by Gasteiger charge is -2.20. The number of aromatic amines is 1. The molecule has 1 N–H and O–H groups in total. The van der Waals surface area contributed by atoms with Gasteiger partial charge in [-0.05, 0) is 35.7 Å². The quantitative estimate of drug-likeness (QED) is 0.780. The summed E-state index contributed by atoms with van der Waals surface area (Å²) in [5.74, 6) is 2.41. The topological polar surface area (TPSA) is 58.2 Å². The number of hydrogen-bond donors (Lipinski definition) is 1. The monoisotopic (exact) mass is 349 g/mol. The van der Waals surface area contributed by atoms with Crippen LogP contribution in [0.15, 0.2) is 47.3 Å². The van der Waals surface area contributed by atoms with Crippen LogP contribution in [0.5, 0.6) is 5.75 Å². The van der Waals surface area contributed by atoms with Crippen molar-refractivity contribution in [1.29, 1.82) is 0 Å². The number of fused-ring (bicyclic) bond motifs is 2. The van der Waals surface area contributed by atoms with E-state index < -0.39 is 0 Å². The van der Waals surface area contributed by atoms with Crippen molar-refractivity contribution in [1.82, 2.24) is 9.97 Å². The van der Waals surface area contributed by atoms with Gasteiger partial charge in [-0.3, -0.25) is 4.79 Å². The predicted molar refractivity (Wildman–Crippen MR) is 104 cm³/mol. The lowest BCUT2D eigenvalue weighted by atomic mass is 9.90. The number of para-hydroxylation sites is 1. The first-order valence-electron chi connectivity index (χ1n) is 8.97. The molecule has 0 aliphatic carbocycles. The second kappa shape index (κ2) is 6.48. The van der Waals surface area contributed by atoms with Gasteiger partial charge in [0.1, 0.15) is 11.6 Å². The fourth-order valence-corrected chi connectivity index (χ4v) is 3.79. The van der Waals surface area contributed by atoms with E-state index in [1.807, 2.05) is 12.1 Å². The van der Waals surface area contributed by atoms with Crippen LogP contribution in [0.25, 0.3) is 10.9 Å². The summed E-state index contributed by atoms with van der Waals surface area (Å²) < 4.78 is 5.20. The molecule has 134 valence electrons. The normalized spacial score (nSPS) is 16.3. The molecule has 5 heteroatoms. The molecule has 3 aromatic rings. The largest absolute Gasteiger partial charge is 0.497 e. The lowest BCUT2D eigenvalue weighted by molar-refractivity contribution is 0.415. The molecule has 5 nitrogen and oxygen atoms in total. The van der Waals surface area contributed by atoms with E-state index in [1.54, 1.807) is 13.2 Å². The number of methoxy groups -OCH3 is 1. The fourth-order valence-electron chi connectivity index (χ4n) is 3.79. The Morgan fingerprint density at radius 2 is 2.08 bits per heavy atom. The third kappa shape index (κ3) is 2.83. The van der Waals surface area contributed by atoms with Gasteiger partial charge in [0.15, 0.2) is 0 Å². The maximum absolute atomic E-state index is 12.5. The first-order valence-corrected chi connectivity index (χ1v) is 8.97. The number of nitrogens with one attached hydrogen (secondary N) is 1. The van der Waals surface area contributed by atoms with Gasteiger partial charge in [0.2, 0.25) is 0 Å². The Balaban J connectivity index is 1.69. The molecular formula is C21H23N3O2. The summed E-state index contributed by atoms with van der Waals surface area (Å²) in [5.41, 5.74) is 3.19. The minimum Gasteiger partial charge on any atom is -0.497 e. The summed E-state index contributed by atoms with van der Waals surface area (Å²) in [6.07, 6.45) is 0. The number of nitrogens with zero attached hydrogens (tertiary/aromatic N) is 2. The summed E-state index contributed by atoms with van der Waals surface area (Å²) in [6.45, 7) is 6.06. The van der Waals surface area contributed by atoms with Crippen LogP contribution in [0.1, 0.15) is 31.2 Å². The molecule has 0 saturated heterocycles. The van der Waals surface area contributed by atoms with Gasteiger partial charge in [-0.25, -0.2) is 4.98 Å². The van der Waals surface area contributed by atoms with Gasteiger partial charge in [-0.15, -0.1) is 0 Å². The summed E-state index contributed by atoms with van der Waals surface area (Å²) >= 11 is 0. The third-order valence-corrected chi connectivity index (χ3v) is 5.20. The third-order valence-electron chi connectivity index (χ3n) is 5.20. The van der Waals surface area contributed by atoms with E-state index in [1.165, 1.54) is 11.3 Å². The molecule has 1 unspecified atom stereocenters. The first-order chi connectivity index (χ1) is 12.6. The molecular weight excluding hydrogens is 326 g/mol. The number of hydrogen-bond acceptors (Lipinski definition) is 4. The van der Waals surface area contributed by atoms with Crippen molar-refractivity contribution in [2.24, 2.45) is 5.92 Å². The average molecular weight is 349 g/mol. The zero-order valence-electron chi connectivity index (χ0n) is 15.3. The van der Waals surface area contributed by atoms with Gasteiger partial charge in [0, 0.05) is 18.2 Å². The van der Waals surface area contributed by atoms with Crippen LogP contribution < -0.4 is 15.2 Å². The van der Waals surface area contributed by atoms with Crippen LogP contribution in [-0.4, -0.2) is 23.6 Å². The van der Waals surface area contributed by atoms with Crippen LogP contribution in [0.4, 0.5) is 5.69 Å². The Morgan fingerprint density at radius 3 is 2.85 bits per heavy atom. The molecule has 4 rings (SSSR count). The van der Waals surface area contributed by atoms with Gasteiger partial charge >= 0.3 is 0 Å². The Kier molecular flexibility index (Phi) is 4.15. The molecule has 1 atom stereocenters. The highest BCUT2D eigenvalue weighted by Crippen LogP contribution is 2.40. The Bertz CT molecular complexity index is 1010. The maximum atomic E-state index is 12.5. The molecule has 1 aromatic heterocycles. The number of aromatic nitrogens is 2. The molecule has 0 radical (unpaired) electrons. The molecule has 0 bridgehead atoms. The van der Waals surface area contributed by atoms with E-state index in [2.05, 4.69) is 53.0 Å². The SMILES string of the molecule is COc1ccc2nc(CN3CC(C(C)C)c4ccccc43)[nH]c(=O)c2c1. The maximum Gasteiger partial charge on any atom is 0.258 e. The number of anilines is 1. The minimum atomic E-state index is -0.128. The van der Waals surface area contributed by atoms with Gasteiger partial charge < -0.3 is 14.6 Å². The second-order valence-corrected chi connectivity index (χ2v) is 7.19. The van der Waals surface area contributed by atoms with Crippen LogP contribution >= 0.6 is 0 Å². The van der Waals surface area contributed by atoms with Gasteiger partial charge in [0.25, 0.3) is 5.56 Å². The first kappa shape index (κ1) is 16.6. The standard InChI is InChI=1S/C21H23N3O2/c1-13(2)17-11-24(19-7-5-4-6-15(17)19)12-20-22-18-9-8-14(26-3)10-16(18)21(25)23-20/h4-10,13,17H,11-12H2,1-3H3,(H,22,23,25). The van der Waals surface area contributed by atoms with E-state index in [-0.39, 0.29) is 5.56 Å². The van der Waals surface area contributed by atoms with Gasteiger partial charge in [-0.1, -0.05) is 32.0 Å². The van der Waals surface area contributed by atoms with Crippen molar-refractivity contribution in [3.8, 4) is 5.75 Å². The summed E-state index contributed by atoms with van der Waals surface area (Å²) in [4.78, 5) is 22.4. The highest BCUT2D eigenvalue weighted by Gasteiger charge is 2.30. The molecule has 0 fully saturated rings. The summed E-state index contributed by atoms with van der Waals surface area (Å²) in [6, 6.07) is 13.9. The second-order valence-electron chi connectivity index (χ2n) is 7.19. The molecule has 0 amide bonds. The van der Waals surface area contributed by atoms with Crippen LogP contribution in [0.2, 0.25) is 0 Å². The molecule has 1 aliphatic heterocycles. The molecule has 26 heavy (non-hydrogen) atoms. The van der Waals surface area contributed by atoms with Crippen molar-refractivity contribution in [2.45, 2.75) is 26.3 Å². The van der Waals surface area contributed by atoms with E-state index in [0.717, 1.165) is 6.54 Å². The van der Waals surface area contributed by atoms with Gasteiger partial charge in [0.05, 0.1) is 24.6 Å². The zero-order chi connectivity index (χ0) is 18.3. The van der Waals surface area contributed by atoms with E-state index >= 15 is 0 Å². The highest BCUT2D eigenvalue weighted by molar-refractivity contribution is 5.79. The molecule has 1 aliphatic rings. The van der Waals surface area contributed by atoms with E-state index in [9.17, 15) is 4.79 Å². The molecule has 0 spiro atoms. The van der Waals surface area contributed by atoms with Crippen molar-refractivity contribution in [3.05, 3.63) is 64.2 Å². The molecule has 0 saturated carbocycles. The fraction of sp³-hybridized carbons (Fsp3) is 0.333.